The maximum atomic E-state index is 13.7. The first-order valence-electron chi connectivity index (χ1n) is 11.7. The van der Waals surface area contributed by atoms with Crippen LogP contribution in [0.5, 0.6) is 0 Å². The van der Waals surface area contributed by atoms with E-state index >= 15 is 0 Å². The summed E-state index contributed by atoms with van der Waals surface area (Å²) in [4.78, 5) is 65.9. The molecule has 1 aromatic heterocycles. The number of benzene rings is 4. The van der Waals surface area contributed by atoms with Gasteiger partial charge in [0.15, 0.2) is 5.78 Å². The number of hydrogen-bond donors (Lipinski definition) is 1. The number of imide groups is 1. The van der Waals surface area contributed by atoms with Crippen molar-refractivity contribution in [3.05, 3.63) is 111 Å². The lowest BCUT2D eigenvalue weighted by Gasteiger charge is -2.28. The molecule has 9 heteroatoms. The maximum absolute atomic E-state index is 13.7. The summed E-state index contributed by atoms with van der Waals surface area (Å²) < 4.78 is 2.93. The van der Waals surface area contributed by atoms with E-state index in [0.29, 0.717) is 27.5 Å². The Morgan fingerprint density at radius 1 is 0.684 bits per heavy atom. The van der Waals surface area contributed by atoms with E-state index in [-0.39, 0.29) is 33.5 Å². The molecule has 4 aromatic carbocycles. The van der Waals surface area contributed by atoms with Crippen molar-refractivity contribution in [3.8, 4) is 0 Å². The van der Waals surface area contributed by atoms with Crippen molar-refractivity contribution in [3.63, 3.8) is 0 Å². The Kier molecular flexibility index (Phi) is 4.93. The van der Waals surface area contributed by atoms with E-state index in [0.717, 1.165) is 4.90 Å². The lowest BCUT2D eigenvalue weighted by molar-refractivity contribution is 0.0692. The lowest BCUT2D eigenvalue weighted by atomic mass is 9.88. The highest BCUT2D eigenvalue weighted by Gasteiger charge is 2.35. The van der Waals surface area contributed by atoms with Crippen molar-refractivity contribution in [2.24, 2.45) is 14.1 Å². The summed E-state index contributed by atoms with van der Waals surface area (Å²) in [5.74, 6) is -2.89. The van der Waals surface area contributed by atoms with Gasteiger partial charge in [0.1, 0.15) is 0 Å². The van der Waals surface area contributed by atoms with Gasteiger partial charge in [-0.05, 0) is 47.9 Å². The van der Waals surface area contributed by atoms with Gasteiger partial charge in [0.25, 0.3) is 11.8 Å². The molecule has 1 N–H and O–H groups in total. The fraction of sp³-hybridized carbons (Fsp3) is 0.0690. The van der Waals surface area contributed by atoms with Crippen LogP contribution in [0, 0.1) is 0 Å². The number of nitrogens with zero attached hydrogens (tertiary/aromatic N) is 3. The number of aryl methyl sites for hydroxylation is 2. The van der Waals surface area contributed by atoms with Gasteiger partial charge in [0, 0.05) is 41.7 Å². The molecule has 0 spiro atoms. The number of carbonyl (C=O) groups excluding carboxylic acids is 3. The van der Waals surface area contributed by atoms with Crippen LogP contribution in [-0.2, 0) is 14.1 Å². The van der Waals surface area contributed by atoms with Gasteiger partial charge < -0.3 is 5.11 Å². The van der Waals surface area contributed by atoms with E-state index in [9.17, 15) is 29.1 Å². The molecule has 0 unspecified atom stereocenters. The number of imidazole rings is 1. The van der Waals surface area contributed by atoms with Crippen LogP contribution in [0.25, 0.3) is 21.8 Å². The Bertz CT molecular complexity index is 1940. The summed E-state index contributed by atoms with van der Waals surface area (Å²) in [5, 5.41) is 10.3. The quantitative estimate of drug-likeness (QED) is 0.294. The average Bonchev–Trinajstić information content (AvgIpc) is 3.14. The smallest absolute Gasteiger partial charge is 0.336 e. The number of aromatic nitrogens is 2. The zero-order valence-corrected chi connectivity index (χ0v) is 20.3. The first-order valence-corrected chi connectivity index (χ1v) is 11.7. The van der Waals surface area contributed by atoms with Gasteiger partial charge >= 0.3 is 11.7 Å². The van der Waals surface area contributed by atoms with Crippen LogP contribution >= 0.6 is 0 Å². The van der Waals surface area contributed by atoms with Crippen molar-refractivity contribution in [2.75, 3.05) is 4.90 Å². The third-order valence-corrected chi connectivity index (χ3v) is 7.07. The Morgan fingerprint density at radius 2 is 1.34 bits per heavy atom. The van der Waals surface area contributed by atoms with E-state index in [1.165, 1.54) is 39.5 Å². The molecule has 2 heterocycles. The number of carboxylic acids is 1. The highest BCUT2D eigenvalue weighted by molar-refractivity contribution is 6.37. The van der Waals surface area contributed by atoms with E-state index in [2.05, 4.69) is 0 Å². The van der Waals surface area contributed by atoms with Crippen molar-refractivity contribution >= 4 is 51.1 Å². The second-order valence-electron chi connectivity index (χ2n) is 9.09. The normalized spacial score (nSPS) is 12.9. The SMILES string of the molecule is Cn1c(=O)n(C)c2cc(N3C(=O)c4cccc5c(C(=O)c6ccccc6C(=O)O)ccc(c45)C3=O)ccc21. The van der Waals surface area contributed by atoms with Crippen LogP contribution in [0.1, 0.15) is 47.0 Å². The second kappa shape index (κ2) is 8.10. The Morgan fingerprint density at radius 3 is 2.05 bits per heavy atom. The van der Waals surface area contributed by atoms with Gasteiger partial charge in [-0.1, -0.05) is 30.3 Å². The highest BCUT2D eigenvalue weighted by atomic mass is 16.4. The van der Waals surface area contributed by atoms with Crippen LogP contribution < -0.4 is 10.6 Å². The standard InChI is InChI=1S/C29H19N3O6/c1-30-22-13-10-15(14-23(22)31(2)29(30)38)32-26(34)20-9-5-8-16-18(11-12-21(24(16)20)27(32)35)25(33)17-6-3-4-7-19(17)28(36)37/h3-14H,1-2H3,(H,36,37). The minimum Gasteiger partial charge on any atom is -0.478 e. The topological polar surface area (TPSA) is 119 Å². The fourth-order valence-electron chi connectivity index (χ4n) is 5.18. The first kappa shape index (κ1) is 23.1. The maximum Gasteiger partial charge on any atom is 0.336 e. The van der Waals surface area contributed by atoms with E-state index < -0.39 is 23.6 Å². The first-order chi connectivity index (χ1) is 18.2. The van der Waals surface area contributed by atoms with E-state index in [1.807, 2.05) is 0 Å². The van der Waals surface area contributed by atoms with Gasteiger partial charge in [0.2, 0.25) is 0 Å². The van der Waals surface area contributed by atoms with Gasteiger partial charge in [-0.2, -0.15) is 0 Å². The number of hydrogen-bond acceptors (Lipinski definition) is 5. The van der Waals surface area contributed by atoms with Crippen molar-refractivity contribution in [1.82, 2.24) is 9.13 Å². The molecule has 0 bridgehead atoms. The molecule has 38 heavy (non-hydrogen) atoms. The molecule has 2 amide bonds. The molecule has 0 aliphatic carbocycles. The van der Waals surface area contributed by atoms with Gasteiger partial charge in [-0.15, -0.1) is 0 Å². The largest absolute Gasteiger partial charge is 0.478 e. The highest BCUT2D eigenvalue weighted by Crippen LogP contribution is 2.36. The van der Waals surface area contributed by atoms with Crippen molar-refractivity contribution < 1.29 is 24.3 Å². The molecule has 6 rings (SSSR count). The molecular weight excluding hydrogens is 486 g/mol. The minimum atomic E-state index is -1.23. The zero-order chi connectivity index (χ0) is 26.9. The predicted molar refractivity (Wildman–Crippen MR) is 140 cm³/mol. The molecule has 186 valence electrons. The zero-order valence-electron chi connectivity index (χ0n) is 20.3. The second-order valence-corrected chi connectivity index (χ2v) is 9.09. The molecule has 1 aliphatic heterocycles. The number of carboxylic acid groups (broad SMARTS) is 1. The lowest BCUT2D eigenvalue weighted by Crippen LogP contribution is -2.40. The minimum absolute atomic E-state index is 0.0116. The molecule has 5 aromatic rings. The monoisotopic (exact) mass is 505 g/mol. The van der Waals surface area contributed by atoms with Gasteiger partial charge in [-0.3, -0.25) is 23.5 Å². The molecule has 0 atom stereocenters. The third kappa shape index (κ3) is 3.08. The number of carbonyl (C=O) groups is 4. The number of fused-ring (bicyclic) bond motifs is 1. The predicted octanol–water partition coefficient (Wildman–Crippen LogP) is 3.76. The number of anilines is 1. The van der Waals surface area contributed by atoms with Crippen LogP contribution in [0.3, 0.4) is 0 Å². The summed E-state index contributed by atoms with van der Waals surface area (Å²) in [5.41, 5.74) is 1.84. The number of ketones is 1. The van der Waals surface area contributed by atoms with Crippen LogP contribution in [0.15, 0.2) is 77.6 Å². The van der Waals surface area contributed by atoms with Crippen LogP contribution in [-0.4, -0.2) is 37.8 Å². The van der Waals surface area contributed by atoms with Crippen LogP contribution in [0.2, 0.25) is 0 Å². The van der Waals surface area contributed by atoms with Crippen molar-refractivity contribution in [2.45, 2.75) is 0 Å². The molecule has 1 aliphatic rings. The van der Waals surface area contributed by atoms with E-state index in [1.54, 1.807) is 56.6 Å². The summed E-state index contributed by atoms with van der Waals surface area (Å²) in [6.07, 6.45) is 0. The summed E-state index contributed by atoms with van der Waals surface area (Å²) in [7, 11) is 3.26. The van der Waals surface area contributed by atoms with E-state index in [4.69, 9.17) is 0 Å². The Hall–Kier alpha value is -5.31. The third-order valence-electron chi connectivity index (χ3n) is 7.07. The van der Waals surface area contributed by atoms with Gasteiger partial charge in [-0.25, -0.2) is 14.5 Å². The van der Waals surface area contributed by atoms with Gasteiger partial charge in [0.05, 0.1) is 22.3 Å². The molecule has 0 fully saturated rings. The summed E-state index contributed by atoms with van der Waals surface area (Å²) in [6, 6.07) is 18.6. The average molecular weight is 505 g/mol. The molecule has 0 saturated heterocycles. The fourth-order valence-corrected chi connectivity index (χ4v) is 5.18. The molecular formula is C29H19N3O6. The number of aromatic carboxylic acids is 1. The molecule has 0 saturated carbocycles. The van der Waals surface area contributed by atoms with Crippen LogP contribution in [0.4, 0.5) is 5.69 Å². The summed E-state index contributed by atoms with van der Waals surface area (Å²) >= 11 is 0. The molecule has 0 radical (unpaired) electrons. The number of amides is 2. The Labute approximate surface area is 214 Å². The number of rotatable bonds is 4. The summed E-state index contributed by atoms with van der Waals surface area (Å²) in [6.45, 7) is 0. The van der Waals surface area contributed by atoms with Crippen molar-refractivity contribution in [1.29, 1.82) is 0 Å². The Balaban J connectivity index is 1.52. The molecule has 9 nitrogen and oxygen atoms in total.